The van der Waals surface area contributed by atoms with Gasteiger partial charge < -0.3 is 11.1 Å². The predicted octanol–water partition coefficient (Wildman–Crippen LogP) is 4.05. The van der Waals surface area contributed by atoms with Crippen molar-refractivity contribution >= 4 is 17.3 Å². The smallest absolute Gasteiger partial charge is 0.0637 e. The number of hydrogen-bond donors (Lipinski definition) is 2. The van der Waals surface area contributed by atoms with Gasteiger partial charge in [0.15, 0.2) is 0 Å². The fourth-order valence-corrected chi connectivity index (χ4v) is 2.05. The number of nitrogens with one attached hydrogen (secondary N) is 1. The normalized spacial score (nSPS) is 14.4. The zero-order valence-electron chi connectivity index (χ0n) is 10.8. The lowest BCUT2D eigenvalue weighted by Crippen LogP contribution is -2.42. The van der Waals surface area contributed by atoms with Crippen molar-refractivity contribution in [3.63, 3.8) is 0 Å². The second-order valence-electron chi connectivity index (χ2n) is 4.83. The highest BCUT2D eigenvalue weighted by molar-refractivity contribution is 6.33. The van der Waals surface area contributed by atoms with Crippen molar-refractivity contribution in [2.45, 2.75) is 45.1 Å². The SMILES string of the molecule is CCCCCC(C)(CN)Nc1ccccc1Cl. The first kappa shape index (κ1) is 14.3. The number of benzene rings is 1. The maximum atomic E-state index is 6.15. The first-order chi connectivity index (χ1) is 8.11. The van der Waals surface area contributed by atoms with Crippen molar-refractivity contribution in [1.29, 1.82) is 0 Å². The minimum atomic E-state index is -0.0693. The summed E-state index contributed by atoms with van der Waals surface area (Å²) in [5.74, 6) is 0. The fourth-order valence-electron chi connectivity index (χ4n) is 1.87. The number of rotatable bonds is 7. The van der Waals surface area contributed by atoms with Crippen LogP contribution in [0.2, 0.25) is 5.02 Å². The molecule has 1 rings (SSSR count). The van der Waals surface area contributed by atoms with Crippen LogP contribution in [-0.2, 0) is 0 Å². The maximum Gasteiger partial charge on any atom is 0.0637 e. The molecular weight excluding hydrogens is 232 g/mol. The Bertz CT molecular complexity index is 341. The average molecular weight is 255 g/mol. The van der Waals surface area contributed by atoms with Crippen LogP contribution in [-0.4, -0.2) is 12.1 Å². The zero-order chi connectivity index (χ0) is 12.7. The van der Waals surface area contributed by atoms with Crippen LogP contribution in [0, 0.1) is 0 Å². The third kappa shape index (κ3) is 4.57. The van der Waals surface area contributed by atoms with Crippen molar-refractivity contribution in [3.05, 3.63) is 29.3 Å². The van der Waals surface area contributed by atoms with E-state index in [-0.39, 0.29) is 5.54 Å². The Balaban J connectivity index is 2.65. The summed E-state index contributed by atoms with van der Waals surface area (Å²) in [6.45, 7) is 4.98. The molecule has 0 fully saturated rings. The summed E-state index contributed by atoms with van der Waals surface area (Å²) in [7, 11) is 0. The molecule has 0 aliphatic heterocycles. The molecule has 0 aliphatic carbocycles. The van der Waals surface area contributed by atoms with Crippen LogP contribution in [0.15, 0.2) is 24.3 Å². The molecule has 0 bridgehead atoms. The number of hydrogen-bond acceptors (Lipinski definition) is 2. The first-order valence-electron chi connectivity index (χ1n) is 6.34. The fraction of sp³-hybridized carbons (Fsp3) is 0.571. The lowest BCUT2D eigenvalue weighted by Gasteiger charge is -2.31. The number of nitrogens with two attached hydrogens (primary N) is 1. The third-order valence-electron chi connectivity index (χ3n) is 3.09. The second-order valence-corrected chi connectivity index (χ2v) is 5.23. The largest absolute Gasteiger partial charge is 0.377 e. The van der Waals surface area contributed by atoms with Gasteiger partial charge >= 0.3 is 0 Å². The Kier molecular flexibility index (Phi) is 5.79. The Morgan fingerprint density at radius 3 is 2.59 bits per heavy atom. The Hall–Kier alpha value is -0.730. The molecule has 1 aromatic carbocycles. The van der Waals surface area contributed by atoms with Gasteiger partial charge in [-0.15, -0.1) is 0 Å². The molecule has 0 amide bonds. The van der Waals surface area contributed by atoms with E-state index in [2.05, 4.69) is 19.2 Å². The molecule has 1 unspecified atom stereocenters. The summed E-state index contributed by atoms with van der Waals surface area (Å²) >= 11 is 6.15. The highest BCUT2D eigenvalue weighted by Gasteiger charge is 2.22. The molecule has 0 saturated heterocycles. The highest BCUT2D eigenvalue weighted by atomic mass is 35.5. The molecule has 0 saturated carbocycles. The van der Waals surface area contributed by atoms with Gasteiger partial charge in [-0.25, -0.2) is 0 Å². The molecule has 0 radical (unpaired) electrons. The molecule has 0 aromatic heterocycles. The van der Waals surface area contributed by atoms with E-state index in [1.54, 1.807) is 0 Å². The van der Waals surface area contributed by atoms with E-state index in [4.69, 9.17) is 17.3 Å². The molecule has 2 nitrogen and oxygen atoms in total. The van der Waals surface area contributed by atoms with E-state index in [9.17, 15) is 0 Å². The molecule has 0 heterocycles. The minimum Gasteiger partial charge on any atom is -0.377 e. The number of unbranched alkanes of at least 4 members (excludes halogenated alkanes) is 2. The maximum absolute atomic E-state index is 6.15. The van der Waals surface area contributed by atoms with Crippen LogP contribution in [0.1, 0.15) is 39.5 Å². The number of para-hydroxylation sites is 1. The van der Waals surface area contributed by atoms with Gasteiger partial charge in [-0.2, -0.15) is 0 Å². The van der Waals surface area contributed by atoms with E-state index in [0.29, 0.717) is 6.54 Å². The summed E-state index contributed by atoms with van der Waals surface area (Å²) in [5.41, 5.74) is 6.78. The first-order valence-corrected chi connectivity index (χ1v) is 6.72. The van der Waals surface area contributed by atoms with E-state index in [1.165, 1.54) is 19.3 Å². The van der Waals surface area contributed by atoms with Crippen LogP contribution in [0.3, 0.4) is 0 Å². The molecular formula is C14H23ClN2. The molecule has 96 valence electrons. The Labute approximate surface area is 110 Å². The van der Waals surface area contributed by atoms with Crippen LogP contribution in [0.4, 0.5) is 5.69 Å². The molecule has 0 spiro atoms. The molecule has 3 heteroatoms. The predicted molar refractivity (Wildman–Crippen MR) is 76.7 cm³/mol. The van der Waals surface area contributed by atoms with E-state index >= 15 is 0 Å². The second kappa shape index (κ2) is 6.87. The van der Waals surface area contributed by atoms with Crippen molar-refractivity contribution in [2.24, 2.45) is 5.73 Å². The van der Waals surface area contributed by atoms with Crippen LogP contribution in [0.5, 0.6) is 0 Å². The molecule has 1 atom stereocenters. The monoisotopic (exact) mass is 254 g/mol. The van der Waals surface area contributed by atoms with Gasteiger partial charge in [0, 0.05) is 12.1 Å². The lowest BCUT2D eigenvalue weighted by atomic mass is 9.94. The van der Waals surface area contributed by atoms with Crippen LogP contribution >= 0.6 is 11.6 Å². The number of anilines is 1. The Morgan fingerprint density at radius 1 is 1.29 bits per heavy atom. The summed E-state index contributed by atoms with van der Waals surface area (Å²) in [6, 6.07) is 7.81. The van der Waals surface area contributed by atoms with Crippen molar-refractivity contribution < 1.29 is 0 Å². The topological polar surface area (TPSA) is 38.0 Å². The lowest BCUT2D eigenvalue weighted by molar-refractivity contribution is 0.455. The number of halogens is 1. The average Bonchev–Trinajstić information content (AvgIpc) is 2.33. The van der Waals surface area contributed by atoms with Crippen molar-refractivity contribution in [3.8, 4) is 0 Å². The van der Waals surface area contributed by atoms with Crippen molar-refractivity contribution in [1.82, 2.24) is 0 Å². The summed E-state index contributed by atoms with van der Waals surface area (Å²) in [5, 5.41) is 4.23. The molecule has 0 aliphatic rings. The quantitative estimate of drug-likeness (QED) is 0.721. The van der Waals surface area contributed by atoms with Crippen molar-refractivity contribution in [2.75, 3.05) is 11.9 Å². The Morgan fingerprint density at radius 2 is 2.00 bits per heavy atom. The summed E-state index contributed by atoms with van der Waals surface area (Å²) in [6.07, 6.45) is 4.75. The molecule has 1 aromatic rings. The van der Waals surface area contributed by atoms with Gasteiger partial charge in [-0.3, -0.25) is 0 Å². The van der Waals surface area contributed by atoms with E-state index < -0.39 is 0 Å². The van der Waals surface area contributed by atoms with Gasteiger partial charge in [0.25, 0.3) is 0 Å². The molecule has 3 N–H and O–H groups in total. The van der Waals surface area contributed by atoms with Gasteiger partial charge in [0.1, 0.15) is 0 Å². The van der Waals surface area contributed by atoms with Gasteiger partial charge in [-0.1, -0.05) is 49.9 Å². The molecule has 17 heavy (non-hydrogen) atoms. The van der Waals surface area contributed by atoms with Gasteiger partial charge in [0.05, 0.1) is 10.7 Å². The van der Waals surface area contributed by atoms with Gasteiger partial charge in [-0.05, 0) is 25.5 Å². The minimum absolute atomic E-state index is 0.0693. The summed E-state index contributed by atoms with van der Waals surface area (Å²) in [4.78, 5) is 0. The zero-order valence-corrected chi connectivity index (χ0v) is 11.6. The summed E-state index contributed by atoms with van der Waals surface area (Å²) < 4.78 is 0. The highest BCUT2D eigenvalue weighted by Crippen LogP contribution is 2.26. The van der Waals surface area contributed by atoms with Gasteiger partial charge in [0.2, 0.25) is 0 Å². The third-order valence-corrected chi connectivity index (χ3v) is 3.42. The standard InChI is InChI=1S/C14H23ClN2/c1-3-4-7-10-14(2,11-16)17-13-9-6-5-8-12(13)15/h5-6,8-9,17H,3-4,7,10-11,16H2,1-2H3. The van der Waals surface area contributed by atoms with E-state index in [1.807, 2.05) is 24.3 Å². The van der Waals surface area contributed by atoms with Crippen LogP contribution in [0.25, 0.3) is 0 Å². The van der Waals surface area contributed by atoms with E-state index in [0.717, 1.165) is 17.1 Å². The van der Waals surface area contributed by atoms with Crippen LogP contribution < -0.4 is 11.1 Å².